The summed E-state index contributed by atoms with van der Waals surface area (Å²) in [6.45, 7) is 3.95. The van der Waals surface area contributed by atoms with E-state index in [2.05, 4.69) is 15.3 Å². The Morgan fingerprint density at radius 2 is 1.46 bits per heavy atom. The topological polar surface area (TPSA) is 276 Å². The highest BCUT2D eigenvalue weighted by Crippen LogP contribution is 2.20. The van der Waals surface area contributed by atoms with Gasteiger partial charge in [-0.3, -0.25) is 24.4 Å². The van der Waals surface area contributed by atoms with Crippen molar-refractivity contribution in [3.63, 3.8) is 0 Å². The number of amides is 3. The molecule has 37 heavy (non-hydrogen) atoms. The van der Waals surface area contributed by atoms with Crippen molar-refractivity contribution < 1.29 is 29.1 Å². The van der Waals surface area contributed by atoms with Crippen molar-refractivity contribution in [2.24, 2.45) is 44.6 Å². The maximum Gasteiger partial charge on any atom is 0.328 e. The molecule has 208 valence electrons. The Hall–Kier alpha value is -4.17. The molecule has 0 aliphatic heterocycles. The first-order valence-corrected chi connectivity index (χ1v) is 11.7. The number of guanidine groups is 2. The number of nitrogens with two attached hydrogens (primary N) is 5. The van der Waals surface area contributed by atoms with Crippen molar-refractivity contribution in [2.75, 3.05) is 13.1 Å². The van der Waals surface area contributed by atoms with Gasteiger partial charge in [-0.15, -0.1) is 0 Å². The lowest BCUT2D eigenvalue weighted by Gasteiger charge is -2.37. The Morgan fingerprint density at radius 1 is 0.919 bits per heavy atom. The van der Waals surface area contributed by atoms with Crippen molar-refractivity contribution in [2.45, 2.75) is 64.1 Å². The van der Waals surface area contributed by atoms with Crippen LogP contribution in [-0.4, -0.2) is 83.1 Å². The predicted octanol–water partition coefficient (Wildman–Crippen LogP) is -2.48. The van der Waals surface area contributed by atoms with E-state index >= 15 is 0 Å². The number of hydrogen-bond donors (Lipinski definition) is 7. The second kappa shape index (κ2) is 17.3. The predicted molar refractivity (Wildman–Crippen MR) is 138 cm³/mol. The highest BCUT2D eigenvalue weighted by molar-refractivity contribution is 5.98. The van der Waals surface area contributed by atoms with Crippen LogP contribution >= 0.6 is 0 Å². The molecule has 0 aromatic carbocycles. The van der Waals surface area contributed by atoms with E-state index < -0.39 is 41.8 Å². The van der Waals surface area contributed by atoms with Gasteiger partial charge in [0.1, 0.15) is 18.4 Å². The summed E-state index contributed by atoms with van der Waals surface area (Å²) in [5.41, 5.74) is 26.9. The van der Waals surface area contributed by atoms with Crippen molar-refractivity contribution in [1.29, 1.82) is 0 Å². The van der Waals surface area contributed by atoms with E-state index in [1.165, 1.54) is 0 Å². The summed E-state index contributed by atoms with van der Waals surface area (Å²) in [6, 6.07) is -3.48. The van der Waals surface area contributed by atoms with Crippen LogP contribution in [0.5, 0.6) is 0 Å². The highest BCUT2D eigenvalue weighted by atomic mass is 16.4. The van der Waals surface area contributed by atoms with Crippen molar-refractivity contribution in [3.05, 3.63) is 12.2 Å². The molecule has 0 saturated carbocycles. The van der Waals surface area contributed by atoms with Crippen LogP contribution in [0.2, 0.25) is 0 Å². The minimum Gasteiger partial charge on any atom is -0.478 e. The zero-order valence-corrected chi connectivity index (χ0v) is 21.2. The second-order valence-corrected chi connectivity index (χ2v) is 8.63. The number of primary amides is 1. The number of carboxylic acid groups (broad SMARTS) is 1. The lowest BCUT2D eigenvalue weighted by atomic mass is 9.97. The van der Waals surface area contributed by atoms with E-state index in [4.69, 9.17) is 33.8 Å². The molecule has 0 rings (SSSR count). The van der Waals surface area contributed by atoms with Gasteiger partial charge in [-0.1, -0.05) is 13.8 Å². The fourth-order valence-corrected chi connectivity index (χ4v) is 3.45. The van der Waals surface area contributed by atoms with E-state index in [1.807, 2.05) is 13.8 Å². The zero-order chi connectivity index (χ0) is 28.5. The molecule has 0 radical (unpaired) electrons. The first kappa shape index (κ1) is 32.8. The molecule has 0 heterocycles. The highest BCUT2D eigenvalue weighted by Gasteiger charge is 2.38. The van der Waals surface area contributed by atoms with Gasteiger partial charge >= 0.3 is 5.97 Å². The van der Waals surface area contributed by atoms with E-state index in [0.29, 0.717) is 18.8 Å². The largest absolute Gasteiger partial charge is 0.478 e. The molecule has 0 bridgehead atoms. The first-order chi connectivity index (χ1) is 17.3. The maximum absolute atomic E-state index is 13.8. The van der Waals surface area contributed by atoms with Gasteiger partial charge in [0.25, 0.3) is 0 Å². The molecule has 0 fully saturated rings. The number of carbonyl (C=O) groups excluding carboxylic acids is 4. The summed E-state index contributed by atoms with van der Waals surface area (Å²) in [4.78, 5) is 70.2. The van der Waals surface area contributed by atoms with Crippen LogP contribution in [-0.2, 0) is 24.0 Å². The van der Waals surface area contributed by atoms with E-state index in [-0.39, 0.29) is 56.6 Å². The number of aliphatic imine (C=N–C) groups is 2. The van der Waals surface area contributed by atoms with Crippen LogP contribution < -0.4 is 34.0 Å². The number of aliphatic carboxylic acids is 1. The van der Waals surface area contributed by atoms with Crippen LogP contribution in [0.15, 0.2) is 22.1 Å². The molecular formula is C22H39N9O6. The summed E-state index contributed by atoms with van der Waals surface area (Å²) < 4.78 is 0. The monoisotopic (exact) mass is 525 g/mol. The summed E-state index contributed by atoms with van der Waals surface area (Å²) in [5, 5.41) is 11.2. The number of carbonyl (C=O) groups is 5. The van der Waals surface area contributed by atoms with E-state index in [1.54, 1.807) is 0 Å². The fraction of sp³-hybridized carbons (Fsp3) is 0.591. The standard InChI is InChI=1S/C22H39N9O6/c1-13(2)11-16(19(23)36)31(14(12-32)5-3-9-28-21(24)25)20(37)15(6-4-10-29-22(26)27)30-17(33)7-8-18(34)35/h7-8,12-16H,3-6,9-11H2,1-2H3,(H2,23,36)(H,30,33)(H,34,35)(H4,24,25,28)(H4,26,27,29)/t14-,15-,16-/m0/s1. The van der Waals surface area contributed by atoms with Crippen LogP contribution in [0.3, 0.4) is 0 Å². The Kier molecular flexibility index (Phi) is 15.3. The molecule has 0 aromatic rings. The molecule has 3 amide bonds. The number of nitrogens with one attached hydrogen (secondary N) is 1. The molecule has 3 atom stereocenters. The van der Waals surface area contributed by atoms with Crippen LogP contribution in [0.4, 0.5) is 0 Å². The van der Waals surface area contributed by atoms with Gasteiger partial charge in [-0.2, -0.15) is 0 Å². The Balaban J connectivity index is 6.25. The van der Waals surface area contributed by atoms with Gasteiger partial charge in [0, 0.05) is 25.2 Å². The molecule has 12 N–H and O–H groups in total. The van der Waals surface area contributed by atoms with Crippen LogP contribution in [0.1, 0.15) is 46.0 Å². The summed E-state index contributed by atoms with van der Waals surface area (Å²) in [5.74, 6) is -4.17. The maximum atomic E-state index is 13.8. The van der Waals surface area contributed by atoms with Gasteiger partial charge < -0.3 is 48.8 Å². The molecule has 15 heteroatoms. The average Bonchev–Trinajstić information content (AvgIpc) is 2.79. The molecule has 0 aromatic heterocycles. The minimum atomic E-state index is -1.36. The third-order valence-corrected chi connectivity index (χ3v) is 5.02. The van der Waals surface area contributed by atoms with Crippen LogP contribution in [0.25, 0.3) is 0 Å². The Morgan fingerprint density at radius 3 is 1.89 bits per heavy atom. The van der Waals surface area contributed by atoms with Crippen molar-refractivity contribution in [1.82, 2.24) is 10.2 Å². The zero-order valence-electron chi connectivity index (χ0n) is 21.2. The summed E-state index contributed by atoms with van der Waals surface area (Å²) in [7, 11) is 0. The second-order valence-electron chi connectivity index (χ2n) is 8.63. The molecule has 0 spiro atoms. The van der Waals surface area contributed by atoms with E-state index in [0.717, 1.165) is 11.0 Å². The minimum absolute atomic E-state index is 0.0193. The third-order valence-electron chi connectivity index (χ3n) is 5.02. The Bertz CT molecular complexity index is 880. The SMILES string of the molecule is CC(C)C[C@@H](C(N)=O)N(C(=O)[C@H](CCCN=C(N)N)NC(=O)C=CC(=O)O)[C@H](C=O)CCCN=C(N)N. The van der Waals surface area contributed by atoms with Gasteiger partial charge in [-0.05, 0) is 38.0 Å². The van der Waals surface area contributed by atoms with Gasteiger partial charge in [0.05, 0.1) is 6.04 Å². The number of nitrogens with zero attached hydrogens (tertiary/aromatic N) is 3. The van der Waals surface area contributed by atoms with Crippen molar-refractivity contribution in [3.8, 4) is 0 Å². The number of rotatable bonds is 18. The molecule has 0 unspecified atom stereocenters. The molecule has 0 aliphatic carbocycles. The third kappa shape index (κ3) is 14.1. The lowest BCUT2D eigenvalue weighted by Crippen LogP contribution is -2.59. The average molecular weight is 526 g/mol. The number of hydrogen-bond acceptors (Lipinski definition) is 7. The molecule has 15 nitrogen and oxygen atoms in total. The van der Waals surface area contributed by atoms with Crippen LogP contribution in [0, 0.1) is 5.92 Å². The quantitative estimate of drug-likeness (QED) is 0.0325. The molecule has 0 saturated heterocycles. The van der Waals surface area contributed by atoms with E-state index in [9.17, 15) is 24.0 Å². The van der Waals surface area contributed by atoms with Gasteiger partial charge in [0.15, 0.2) is 11.9 Å². The number of aldehydes is 1. The van der Waals surface area contributed by atoms with Gasteiger partial charge in [0.2, 0.25) is 17.7 Å². The summed E-state index contributed by atoms with van der Waals surface area (Å²) >= 11 is 0. The van der Waals surface area contributed by atoms with Gasteiger partial charge in [-0.25, -0.2) is 4.79 Å². The van der Waals surface area contributed by atoms with Crippen molar-refractivity contribution >= 4 is 41.9 Å². The normalized spacial score (nSPS) is 13.3. The lowest BCUT2D eigenvalue weighted by molar-refractivity contribution is -0.147. The fourth-order valence-electron chi connectivity index (χ4n) is 3.45. The summed E-state index contributed by atoms with van der Waals surface area (Å²) in [6.07, 6.45) is 2.71. The smallest absolute Gasteiger partial charge is 0.328 e. The Labute approximate surface area is 215 Å². The first-order valence-electron chi connectivity index (χ1n) is 11.7. The molecule has 0 aliphatic rings. The molecular weight excluding hydrogens is 486 g/mol. The number of carboxylic acids is 1.